The molecular formula is C26H30FN3O5S2. The first kappa shape index (κ1) is 27.2. The second-order valence-electron chi connectivity index (χ2n) is 9.26. The van der Waals surface area contributed by atoms with E-state index in [1.54, 1.807) is 11.5 Å². The standard InChI is InChI=1S/C26H30FN3O5S2/c1-4-35-24(31)16-30-22-12-7-18(17(2)3)14-23(22)36-26(30)28-25(32)19-6-5-13-29(15-19)37(33,34)21-10-8-20(27)9-11-21/h7-12,14,17,19H,4-6,13,15-16H2,1-3H3. The molecule has 11 heteroatoms. The van der Waals surface area contributed by atoms with Crippen molar-refractivity contribution in [1.82, 2.24) is 8.87 Å². The molecule has 1 aromatic heterocycles. The molecule has 1 unspecified atom stereocenters. The average Bonchev–Trinajstić information content (AvgIpc) is 3.20. The molecule has 0 spiro atoms. The minimum atomic E-state index is -3.87. The number of amides is 1. The fraction of sp³-hybridized carbons (Fsp3) is 0.423. The molecule has 2 aromatic carbocycles. The number of aromatic nitrogens is 1. The fourth-order valence-corrected chi connectivity index (χ4v) is 6.93. The summed E-state index contributed by atoms with van der Waals surface area (Å²) in [4.78, 5) is 30.3. The Morgan fingerprint density at radius 1 is 1.19 bits per heavy atom. The first-order chi connectivity index (χ1) is 17.6. The molecule has 37 heavy (non-hydrogen) atoms. The second-order valence-corrected chi connectivity index (χ2v) is 12.2. The van der Waals surface area contributed by atoms with Crippen LogP contribution in [-0.2, 0) is 30.9 Å². The van der Waals surface area contributed by atoms with Gasteiger partial charge in [0.25, 0.3) is 5.91 Å². The number of carbonyl (C=O) groups excluding carboxylic acids is 2. The Kier molecular flexibility index (Phi) is 8.25. The molecule has 198 valence electrons. The van der Waals surface area contributed by atoms with E-state index in [4.69, 9.17) is 4.74 Å². The van der Waals surface area contributed by atoms with Gasteiger partial charge in [-0.25, -0.2) is 12.8 Å². The summed E-state index contributed by atoms with van der Waals surface area (Å²) in [7, 11) is -3.87. The molecule has 0 radical (unpaired) electrons. The molecule has 0 aliphatic carbocycles. The Morgan fingerprint density at radius 3 is 2.59 bits per heavy atom. The number of carbonyl (C=O) groups is 2. The summed E-state index contributed by atoms with van der Waals surface area (Å²) in [5.74, 6) is -1.71. The summed E-state index contributed by atoms with van der Waals surface area (Å²) in [5.41, 5.74) is 1.90. The topological polar surface area (TPSA) is 98.0 Å². The van der Waals surface area contributed by atoms with Gasteiger partial charge in [-0.15, -0.1) is 0 Å². The molecule has 0 saturated carbocycles. The Morgan fingerprint density at radius 2 is 1.92 bits per heavy atom. The van der Waals surface area contributed by atoms with Crippen LogP contribution in [0.15, 0.2) is 52.4 Å². The number of piperidine rings is 1. The number of sulfonamides is 1. The van der Waals surface area contributed by atoms with Gasteiger partial charge in [-0.05, 0) is 67.6 Å². The molecule has 1 fully saturated rings. The van der Waals surface area contributed by atoms with Crippen molar-refractivity contribution in [3.8, 4) is 0 Å². The van der Waals surface area contributed by atoms with E-state index in [0.717, 1.165) is 27.9 Å². The van der Waals surface area contributed by atoms with Crippen LogP contribution in [0.25, 0.3) is 10.2 Å². The zero-order chi connectivity index (χ0) is 26.7. The number of fused-ring (bicyclic) bond motifs is 1. The van der Waals surface area contributed by atoms with Crippen LogP contribution >= 0.6 is 11.3 Å². The number of nitrogens with zero attached hydrogens (tertiary/aromatic N) is 3. The summed E-state index contributed by atoms with van der Waals surface area (Å²) in [6.07, 6.45) is 0.997. The van der Waals surface area contributed by atoms with Crippen molar-refractivity contribution in [2.24, 2.45) is 10.9 Å². The zero-order valence-corrected chi connectivity index (χ0v) is 22.6. The number of hydrogen-bond donors (Lipinski definition) is 0. The van der Waals surface area contributed by atoms with Gasteiger partial charge in [-0.2, -0.15) is 9.30 Å². The van der Waals surface area contributed by atoms with Gasteiger partial charge in [-0.3, -0.25) is 9.59 Å². The summed E-state index contributed by atoms with van der Waals surface area (Å²) in [5, 5.41) is 0. The number of rotatable bonds is 7. The van der Waals surface area contributed by atoms with E-state index in [1.165, 1.54) is 27.8 Å². The quantitative estimate of drug-likeness (QED) is 0.416. The summed E-state index contributed by atoms with van der Waals surface area (Å²) in [6, 6.07) is 10.6. The first-order valence-corrected chi connectivity index (χ1v) is 14.5. The molecule has 1 aliphatic rings. The van der Waals surface area contributed by atoms with Crippen LogP contribution in [0.2, 0.25) is 0 Å². The van der Waals surface area contributed by atoms with Crippen LogP contribution in [0, 0.1) is 11.7 Å². The monoisotopic (exact) mass is 547 g/mol. The lowest BCUT2D eigenvalue weighted by Gasteiger charge is -2.30. The van der Waals surface area contributed by atoms with E-state index in [1.807, 2.05) is 18.2 Å². The van der Waals surface area contributed by atoms with Crippen LogP contribution < -0.4 is 4.80 Å². The third-order valence-corrected chi connectivity index (χ3v) is 9.28. The maximum atomic E-state index is 13.3. The minimum Gasteiger partial charge on any atom is -0.465 e. The van der Waals surface area contributed by atoms with Gasteiger partial charge in [0, 0.05) is 13.1 Å². The van der Waals surface area contributed by atoms with E-state index in [-0.39, 0.29) is 31.1 Å². The van der Waals surface area contributed by atoms with Gasteiger partial charge in [0.1, 0.15) is 12.4 Å². The largest absolute Gasteiger partial charge is 0.465 e. The summed E-state index contributed by atoms with van der Waals surface area (Å²) >= 11 is 1.31. The highest BCUT2D eigenvalue weighted by Crippen LogP contribution is 2.26. The molecule has 0 N–H and O–H groups in total. The molecule has 0 bridgehead atoms. The summed E-state index contributed by atoms with van der Waals surface area (Å²) in [6.45, 7) is 6.32. The van der Waals surface area contributed by atoms with Crippen molar-refractivity contribution in [1.29, 1.82) is 0 Å². The molecule has 1 aliphatic heterocycles. The van der Waals surface area contributed by atoms with E-state index in [2.05, 4.69) is 18.8 Å². The highest BCUT2D eigenvalue weighted by Gasteiger charge is 2.33. The molecule has 1 amide bonds. The fourth-order valence-electron chi connectivity index (χ4n) is 4.33. The van der Waals surface area contributed by atoms with Gasteiger partial charge in [0.15, 0.2) is 4.80 Å². The lowest BCUT2D eigenvalue weighted by Crippen LogP contribution is -2.42. The molecule has 1 atom stereocenters. The van der Waals surface area contributed by atoms with E-state index in [9.17, 15) is 22.4 Å². The Hall–Kier alpha value is -2.89. The van der Waals surface area contributed by atoms with Crippen molar-refractivity contribution in [2.45, 2.75) is 51.0 Å². The molecule has 2 heterocycles. The van der Waals surface area contributed by atoms with Crippen molar-refractivity contribution in [2.75, 3.05) is 19.7 Å². The molecule has 1 saturated heterocycles. The van der Waals surface area contributed by atoms with Crippen LogP contribution in [0.4, 0.5) is 4.39 Å². The second kappa shape index (κ2) is 11.2. The van der Waals surface area contributed by atoms with Crippen LogP contribution in [0.3, 0.4) is 0 Å². The van der Waals surface area contributed by atoms with E-state index >= 15 is 0 Å². The van der Waals surface area contributed by atoms with Crippen LogP contribution in [0.1, 0.15) is 45.1 Å². The van der Waals surface area contributed by atoms with Gasteiger partial charge in [0.05, 0.1) is 27.6 Å². The highest BCUT2D eigenvalue weighted by molar-refractivity contribution is 7.89. The third-order valence-electron chi connectivity index (χ3n) is 6.36. The van der Waals surface area contributed by atoms with Crippen LogP contribution in [-0.4, -0.2) is 48.9 Å². The smallest absolute Gasteiger partial charge is 0.326 e. The first-order valence-electron chi connectivity index (χ1n) is 12.2. The van der Waals surface area contributed by atoms with Gasteiger partial charge in [0.2, 0.25) is 10.0 Å². The van der Waals surface area contributed by atoms with Crippen LogP contribution in [0.5, 0.6) is 0 Å². The van der Waals surface area contributed by atoms with Crippen molar-refractivity contribution in [3.63, 3.8) is 0 Å². The van der Waals surface area contributed by atoms with Gasteiger partial charge >= 0.3 is 5.97 Å². The third kappa shape index (κ3) is 6.00. The Labute approximate surface area is 219 Å². The number of halogens is 1. The average molecular weight is 548 g/mol. The van der Waals surface area contributed by atoms with E-state index < -0.39 is 33.6 Å². The Balaban J connectivity index is 1.66. The zero-order valence-electron chi connectivity index (χ0n) is 21.0. The normalized spacial score (nSPS) is 17.4. The Bertz CT molecular complexity index is 1480. The molecule has 8 nitrogen and oxygen atoms in total. The summed E-state index contributed by atoms with van der Waals surface area (Å²) < 4.78 is 48.4. The number of esters is 1. The van der Waals surface area contributed by atoms with Crippen molar-refractivity contribution in [3.05, 3.63) is 58.6 Å². The molecule has 4 rings (SSSR count). The lowest BCUT2D eigenvalue weighted by atomic mass is 9.99. The maximum absolute atomic E-state index is 13.3. The van der Waals surface area contributed by atoms with Crippen molar-refractivity contribution >= 4 is 43.5 Å². The number of hydrogen-bond acceptors (Lipinski definition) is 6. The van der Waals surface area contributed by atoms with Gasteiger partial charge < -0.3 is 9.30 Å². The van der Waals surface area contributed by atoms with E-state index in [0.29, 0.717) is 23.6 Å². The maximum Gasteiger partial charge on any atom is 0.326 e. The molecular weight excluding hydrogens is 517 g/mol. The SMILES string of the molecule is CCOC(=O)Cn1c(=NC(=O)C2CCCN(S(=O)(=O)c3ccc(F)cc3)C2)sc2cc(C(C)C)ccc21. The predicted octanol–water partition coefficient (Wildman–Crippen LogP) is 4.06. The highest BCUT2D eigenvalue weighted by atomic mass is 32.2. The minimum absolute atomic E-state index is 0.0116. The number of benzene rings is 2. The van der Waals surface area contributed by atoms with Crippen molar-refractivity contribution < 1.29 is 27.1 Å². The predicted molar refractivity (Wildman–Crippen MR) is 139 cm³/mol. The number of thiazole rings is 1. The number of ether oxygens (including phenoxy) is 1. The van der Waals surface area contributed by atoms with Gasteiger partial charge in [-0.1, -0.05) is 31.3 Å². The lowest BCUT2D eigenvalue weighted by molar-refractivity contribution is -0.143. The molecule has 3 aromatic rings.